The Morgan fingerprint density at radius 1 is 1.59 bits per heavy atom. The van der Waals surface area contributed by atoms with E-state index in [2.05, 4.69) is 20.8 Å². The maximum Gasteiger partial charge on any atom is 0.212 e. The Hall–Kier alpha value is -2.24. The molecule has 6 nitrogen and oxygen atoms in total. The lowest BCUT2D eigenvalue weighted by atomic mass is 10.2. The molecule has 0 unspecified atom stereocenters. The van der Waals surface area contributed by atoms with E-state index < -0.39 is 0 Å². The number of phenolic OH excluding ortho intramolecular Hbond substituents is 1. The molecule has 0 radical (unpaired) electrons. The van der Waals surface area contributed by atoms with Gasteiger partial charge in [-0.3, -0.25) is 0 Å². The monoisotopic (exact) mass is 234 g/mol. The van der Waals surface area contributed by atoms with Gasteiger partial charge in [0.25, 0.3) is 0 Å². The zero-order chi connectivity index (χ0) is 12.1. The molecule has 90 valence electrons. The lowest BCUT2D eigenvalue weighted by Gasteiger charge is -2.03. The second-order valence-corrected chi connectivity index (χ2v) is 3.45. The Bertz CT molecular complexity index is 457. The highest BCUT2D eigenvalue weighted by molar-refractivity contribution is 5.86. The predicted molar refractivity (Wildman–Crippen MR) is 65.7 cm³/mol. The maximum atomic E-state index is 9.60. The van der Waals surface area contributed by atoms with Crippen molar-refractivity contribution in [1.82, 2.24) is 10.7 Å². The number of aliphatic imine (C=N–C) groups is 1. The molecule has 6 heteroatoms. The molecule has 1 aromatic carbocycles. The van der Waals surface area contributed by atoms with Crippen LogP contribution in [0.25, 0.3) is 0 Å². The topological polar surface area (TPSA) is 78.2 Å². The Labute approximate surface area is 99.0 Å². The number of nitrogens with zero attached hydrogens (tertiary/aromatic N) is 2. The molecule has 3 N–H and O–H groups in total. The van der Waals surface area contributed by atoms with Gasteiger partial charge in [-0.2, -0.15) is 5.10 Å². The molecule has 0 bridgehead atoms. The summed E-state index contributed by atoms with van der Waals surface area (Å²) in [6.45, 7) is 1.57. The second kappa shape index (κ2) is 5.20. The van der Waals surface area contributed by atoms with E-state index in [0.717, 1.165) is 13.1 Å². The van der Waals surface area contributed by atoms with Crippen LogP contribution in [0, 0.1) is 0 Å². The molecular weight excluding hydrogens is 220 g/mol. The van der Waals surface area contributed by atoms with Gasteiger partial charge in [-0.05, 0) is 18.2 Å². The fourth-order valence-corrected chi connectivity index (χ4v) is 1.40. The van der Waals surface area contributed by atoms with Gasteiger partial charge >= 0.3 is 0 Å². The van der Waals surface area contributed by atoms with Crippen molar-refractivity contribution in [2.45, 2.75) is 0 Å². The predicted octanol–water partition coefficient (Wildman–Crippen LogP) is 0.283. The largest absolute Gasteiger partial charge is 0.507 e. The summed E-state index contributed by atoms with van der Waals surface area (Å²) in [6, 6.07) is 4.94. The molecule has 0 fully saturated rings. The van der Waals surface area contributed by atoms with Gasteiger partial charge in [-0.1, -0.05) is 0 Å². The molecule has 0 aromatic heterocycles. The van der Waals surface area contributed by atoms with E-state index in [-0.39, 0.29) is 5.75 Å². The van der Waals surface area contributed by atoms with Crippen LogP contribution >= 0.6 is 0 Å². The third-order valence-electron chi connectivity index (χ3n) is 2.28. The average molecular weight is 234 g/mol. The zero-order valence-corrected chi connectivity index (χ0v) is 9.47. The molecule has 0 spiro atoms. The fraction of sp³-hybridized carbons (Fsp3) is 0.273. The SMILES string of the molecule is COc1ccc(O)c(/C=N\NC2=NCCN2)c1. The first kappa shape index (κ1) is 11.3. The van der Waals surface area contributed by atoms with Gasteiger partial charge in [-0.15, -0.1) is 0 Å². The Balaban J connectivity index is 2.03. The summed E-state index contributed by atoms with van der Waals surface area (Å²) >= 11 is 0. The molecular formula is C11H14N4O2. The lowest BCUT2D eigenvalue weighted by molar-refractivity contribution is 0.412. The lowest BCUT2D eigenvalue weighted by Crippen LogP contribution is -2.30. The number of hydrazone groups is 1. The van der Waals surface area contributed by atoms with E-state index in [0.29, 0.717) is 17.3 Å². The Morgan fingerprint density at radius 2 is 2.47 bits per heavy atom. The summed E-state index contributed by atoms with van der Waals surface area (Å²) in [5.41, 5.74) is 3.33. The van der Waals surface area contributed by atoms with E-state index in [1.54, 1.807) is 25.3 Å². The van der Waals surface area contributed by atoms with Gasteiger partial charge in [0.05, 0.1) is 19.9 Å². The molecule has 1 aromatic rings. The number of hydrogen-bond acceptors (Lipinski definition) is 6. The van der Waals surface area contributed by atoms with Crippen LogP contribution in [-0.4, -0.2) is 37.5 Å². The summed E-state index contributed by atoms with van der Waals surface area (Å²) in [4.78, 5) is 4.12. The van der Waals surface area contributed by atoms with E-state index >= 15 is 0 Å². The molecule has 1 aliphatic rings. The molecule has 1 heterocycles. The molecule has 17 heavy (non-hydrogen) atoms. The number of hydrogen-bond donors (Lipinski definition) is 3. The Morgan fingerprint density at radius 3 is 3.18 bits per heavy atom. The van der Waals surface area contributed by atoms with Crippen molar-refractivity contribution >= 4 is 12.2 Å². The van der Waals surface area contributed by atoms with Gasteiger partial charge < -0.3 is 15.2 Å². The number of aromatic hydroxyl groups is 1. The second-order valence-electron chi connectivity index (χ2n) is 3.45. The summed E-state index contributed by atoms with van der Waals surface area (Å²) in [6.07, 6.45) is 1.51. The highest BCUT2D eigenvalue weighted by atomic mass is 16.5. The quantitative estimate of drug-likeness (QED) is 0.518. The van der Waals surface area contributed by atoms with E-state index in [9.17, 15) is 5.11 Å². The van der Waals surface area contributed by atoms with Gasteiger partial charge in [-0.25, -0.2) is 10.4 Å². The van der Waals surface area contributed by atoms with Crippen molar-refractivity contribution in [3.8, 4) is 11.5 Å². The summed E-state index contributed by atoms with van der Waals surface area (Å²) in [5, 5.41) is 16.6. The standard InChI is InChI=1S/C11H14N4O2/c1-17-9-2-3-10(16)8(6-9)7-14-15-11-12-4-5-13-11/h2-3,6-7,16H,4-5H2,1H3,(H2,12,13,15)/b14-7-. The summed E-state index contributed by atoms with van der Waals surface area (Å²) < 4.78 is 5.06. The van der Waals surface area contributed by atoms with Crippen molar-refractivity contribution < 1.29 is 9.84 Å². The fourth-order valence-electron chi connectivity index (χ4n) is 1.40. The van der Waals surface area contributed by atoms with Crippen LogP contribution in [0.3, 0.4) is 0 Å². The van der Waals surface area contributed by atoms with E-state index in [4.69, 9.17) is 4.74 Å². The number of rotatable bonds is 3. The van der Waals surface area contributed by atoms with E-state index in [1.165, 1.54) is 6.21 Å². The number of guanidine groups is 1. The molecule has 0 saturated carbocycles. The third-order valence-corrected chi connectivity index (χ3v) is 2.28. The van der Waals surface area contributed by atoms with Gasteiger partial charge in [0, 0.05) is 12.1 Å². The van der Waals surface area contributed by atoms with Crippen LogP contribution in [0.15, 0.2) is 28.3 Å². The minimum Gasteiger partial charge on any atom is -0.507 e. The van der Waals surface area contributed by atoms with Crippen LogP contribution in [0.5, 0.6) is 11.5 Å². The molecule has 0 amide bonds. The first-order valence-electron chi connectivity index (χ1n) is 5.24. The van der Waals surface area contributed by atoms with Crippen LogP contribution in [-0.2, 0) is 0 Å². The number of nitrogens with one attached hydrogen (secondary N) is 2. The molecule has 0 saturated heterocycles. The first-order valence-corrected chi connectivity index (χ1v) is 5.24. The van der Waals surface area contributed by atoms with Crippen LogP contribution in [0.2, 0.25) is 0 Å². The van der Waals surface area contributed by atoms with Crippen LogP contribution < -0.4 is 15.5 Å². The van der Waals surface area contributed by atoms with Gasteiger partial charge in [0.2, 0.25) is 5.96 Å². The molecule has 2 rings (SSSR count). The zero-order valence-electron chi connectivity index (χ0n) is 9.47. The van der Waals surface area contributed by atoms with Gasteiger partial charge in [0.1, 0.15) is 11.5 Å². The summed E-state index contributed by atoms with van der Waals surface area (Å²) in [7, 11) is 1.57. The number of methoxy groups -OCH3 is 1. The van der Waals surface area contributed by atoms with Crippen molar-refractivity contribution in [3.63, 3.8) is 0 Å². The van der Waals surface area contributed by atoms with Crippen molar-refractivity contribution in [2.24, 2.45) is 10.1 Å². The minimum atomic E-state index is 0.151. The highest BCUT2D eigenvalue weighted by Crippen LogP contribution is 2.20. The van der Waals surface area contributed by atoms with Gasteiger partial charge in [0.15, 0.2) is 0 Å². The number of benzene rings is 1. The molecule has 0 aliphatic carbocycles. The highest BCUT2D eigenvalue weighted by Gasteiger charge is 2.03. The van der Waals surface area contributed by atoms with Crippen molar-refractivity contribution in [3.05, 3.63) is 23.8 Å². The minimum absolute atomic E-state index is 0.151. The summed E-state index contributed by atoms with van der Waals surface area (Å²) in [5.74, 6) is 1.46. The van der Waals surface area contributed by atoms with Crippen molar-refractivity contribution in [2.75, 3.05) is 20.2 Å². The van der Waals surface area contributed by atoms with Crippen LogP contribution in [0.1, 0.15) is 5.56 Å². The normalized spacial score (nSPS) is 14.5. The molecule has 0 atom stereocenters. The average Bonchev–Trinajstić information content (AvgIpc) is 2.84. The first-order chi connectivity index (χ1) is 8.29. The number of phenols is 1. The van der Waals surface area contributed by atoms with Crippen molar-refractivity contribution in [1.29, 1.82) is 0 Å². The van der Waals surface area contributed by atoms with Crippen LogP contribution in [0.4, 0.5) is 0 Å². The molecule has 1 aliphatic heterocycles. The maximum absolute atomic E-state index is 9.60. The third kappa shape index (κ3) is 2.87. The number of ether oxygens (including phenoxy) is 1. The smallest absolute Gasteiger partial charge is 0.212 e. The Kier molecular flexibility index (Phi) is 3.44. The van der Waals surface area contributed by atoms with E-state index in [1.807, 2.05) is 0 Å².